The van der Waals surface area contributed by atoms with E-state index in [1.54, 1.807) is 31.4 Å². The number of aromatic nitrogens is 1. The van der Waals surface area contributed by atoms with Crippen molar-refractivity contribution in [3.05, 3.63) is 154 Å². The van der Waals surface area contributed by atoms with Crippen molar-refractivity contribution in [3.63, 3.8) is 0 Å². The minimum atomic E-state index is -0.702. The Bertz CT molecular complexity index is 2480. The van der Waals surface area contributed by atoms with Crippen molar-refractivity contribution < 1.29 is 28.5 Å². The van der Waals surface area contributed by atoms with Gasteiger partial charge in [-0.3, -0.25) is 19.5 Å². The Labute approximate surface area is 415 Å². The van der Waals surface area contributed by atoms with Gasteiger partial charge in [-0.05, 0) is 141 Å². The first-order chi connectivity index (χ1) is 32.6. The van der Waals surface area contributed by atoms with E-state index in [9.17, 15) is 9.59 Å². The van der Waals surface area contributed by atoms with Gasteiger partial charge in [-0.2, -0.15) is 0 Å². The van der Waals surface area contributed by atoms with Gasteiger partial charge >= 0.3 is 0 Å². The normalized spacial score (nSPS) is 12.5. The molecule has 1 aliphatic heterocycles. The number of nitrogens with zero attached hydrogens (tertiary/aromatic N) is 3. The molecule has 10 nitrogen and oxygen atoms in total. The lowest BCUT2D eigenvalue weighted by Crippen LogP contribution is -2.42. The molecule has 5 aromatic rings. The molecule has 1 atom stereocenters. The molecular weight excluding hydrogens is 861 g/mol. The van der Waals surface area contributed by atoms with Gasteiger partial charge in [0.1, 0.15) is 18.1 Å². The fourth-order valence-corrected chi connectivity index (χ4v) is 8.66. The molecule has 10 heteroatoms. The molecule has 0 bridgehead atoms. The molecule has 0 fully saturated rings. The van der Waals surface area contributed by atoms with Crippen LogP contribution >= 0.6 is 0 Å². The molecule has 0 saturated carbocycles. The van der Waals surface area contributed by atoms with Crippen molar-refractivity contribution in [2.24, 2.45) is 11.1 Å². The van der Waals surface area contributed by atoms with E-state index in [0.29, 0.717) is 54.4 Å². The summed E-state index contributed by atoms with van der Waals surface area (Å²) < 4.78 is 24.5. The number of fused-ring (bicyclic) bond motifs is 1. The van der Waals surface area contributed by atoms with E-state index in [1.807, 2.05) is 108 Å². The minimum absolute atomic E-state index is 0. The maximum atomic E-state index is 14.0. The molecule has 0 radical (unpaired) electrons. The Kier molecular flexibility index (Phi) is 22.2. The number of aryl methyl sites for hydroxylation is 5. The average Bonchev–Trinajstić information content (AvgIpc) is 3.78. The Morgan fingerprint density at radius 1 is 0.812 bits per heavy atom. The molecule has 1 aromatic heterocycles. The molecule has 0 spiro atoms. The number of ether oxygens (including phenoxy) is 4. The number of benzene rings is 4. The third kappa shape index (κ3) is 14.8. The maximum absolute atomic E-state index is 14.0. The highest BCUT2D eigenvalue weighted by Gasteiger charge is 2.29. The lowest BCUT2D eigenvalue weighted by atomic mass is 9.86. The second-order valence-corrected chi connectivity index (χ2v) is 17.9. The number of hydrogen-bond acceptors (Lipinski definition) is 8. The second-order valence-electron chi connectivity index (χ2n) is 17.9. The van der Waals surface area contributed by atoms with Crippen LogP contribution in [-0.4, -0.2) is 49.9 Å². The van der Waals surface area contributed by atoms with Gasteiger partial charge in [0.25, 0.3) is 11.8 Å². The van der Waals surface area contributed by atoms with Gasteiger partial charge in [-0.15, -0.1) is 0 Å². The molecule has 2 N–H and O–H groups in total. The zero-order chi connectivity index (χ0) is 50.2. The number of anilines is 2. The molecule has 4 aromatic carbocycles. The summed E-state index contributed by atoms with van der Waals surface area (Å²) in [4.78, 5) is 36.5. The zero-order valence-electron chi connectivity index (χ0n) is 43.3. The van der Waals surface area contributed by atoms with Crippen LogP contribution in [0.15, 0.2) is 97.7 Å². The summed E-state index contributed by atoms with van der Waals surface area (Å²) in [5.41, 5.74) is 16.1. The minimum Gasteiger partial charge on any atom is -0.496 e. The van der Waals surface area contributed by atoms with Gasteiger partial charge in [0.05, 0.1) is 32.2 Å². The Morgan fingerprint density at radius 3 is 2.12 bits per heavy atom. The third-order valence-electron chi connectivity index (χ3n) is 12.0. The standard InChI is InChI=1S/C54H66N4O6.2C2H6.CH4/c1-11-25-54(8,55)64-35-53(6,7)33-38-29-42(23-22-41-27-36(4)44(31-48(41)61-9)52(60)58-26-24-40-19-15-17-21-47(40)58)56-43(30-38)34-63-50-28-37(5)45(32-49(50)62-10)51(59)57(13-3)46-20-16-14-18-39(46)12-2;2*1-2;/h13-21,27-32H,3,11-12,22-26,33-35,55H2,1-2,4-10H3;2*1-2H3;1H4. The average molecular weight is 943 g/mol. The topological polar surface area (TPSA) is 116 Å². The van der Waals surface area contributed by atoms with Crippen molar-refractivity contribution in [3.8, 4) is 17.2 Å². The van der Waals surface area contributed by atoms with E-state index in [2.05, 4.69) is 58.5 Å². The first kappa shape index (κ1) is 57.3. The SMILES string of the molecule is C.C=CN(C(=O)c1cc(OC)c(OCc2cc(CC(C)(C)COC(C)(N)CCC)cc(CCc3cc(C)c(C(=O)N4CCc5ccccc54)cc3OC)n2)cc1C)c1ccccc1CC.CC.CC. The number of methoxy groups -OCH3 is 2. The van der Waals surface area contributed by atoms with Gasteiger partial charge in [0.15, 0.2) is 11.5 Å². The van der Waals surface area contributed by atoms with Crippen LogP contribution < -0.4 is 29.7 Å². The van der Waals surface area contributed by atoms with Crippen molar-refractivity contribution in [1.29, 1.82) is 0 Å². The van der Waals surface area contributed by atoms with E-state index in [1.165, 1.54) is 5.56 Å². The lowest BCUT2D eigenvalue weighted by molar-refractivity contribution is -0.0674. The predicted molar refractivity (Wildman–Crippen MR) is 286 cm³/mol. The van der Waals surface area contributed by atoms with Crippen LogP contribution in [0.25, 0.3) is 0 Å². The first-order valence-corrected chi connectivity index (χ1v) is 24.4. The maximum Gasteiger partial charge on any atom is 0.262 e. The van der Waals surface area contributed by atoms with Crippen molar-refractivity contribution in [1.82, 2.24) is 4.98 Å². The molecule has 1 unspecified atom stereocenters. The number of carbonyl (C=O) groups excluding carboxylic acids is 2. The van der Waals surface area contributed by atoms with E-state index in [0.717, 1.165) is 82.7 Å². The highest BCUT2D eigenvalue weighted by Crippen LogP contribution is 2.35. The van der Waals surface area contributed by atoms with Gasteiger partial charge < -0.3 is 29.6 Å². The van der Waals surface area contributed by atoms with Gasteiger partial charge in [0, 0.05) is 35.3 Å². The van der Waals surface area contributed by atoms with E-state index >= 15 is 0 Å². The van der Waals surface area contributed by atoms with Crippen LogP contribution in [0.5, 0.6) is 17.2 Å². The van der Waals surface area contributed by atoms with Gasteiger partial charge in [-0.1, -0.05) is 118 Å². The molecule has 2 amide bonds. The third-order valence-corrected chi connectivity index (χ3v) is 12.0. The van der Waals surface area contributed by atoms with Crippen molar-refractivity contribution in [2.75, 3.05) is 37.2 Å². The summed E-state index contributed by atoms with van der Waals surface area (Å²) in [5, 5.41) is 0. The smallest absolute Gasteiger partial charge is 0.262 e. The van der Waals surface area contributed by atoms with Crippen LogP contribution in [0.4, 0.5) is 11.4 Å². The monoisotopic (exact) mass is 943 g/mol. The summed E-state index contributed by atoms with van der Waals surface area (Å²) in [6.07, 6.45) is 6.86. The highest BCUT2D eigenvalue weighted by atomic mass is 16.5. The van der Waals surface area contributed by atoms with E-state index in [4.69, 9.17) is 29.7 Å². The van der Waals surface area contributed by atoms with Crippen LogP contribution in [-0.2, 0) is 43.4 Å². The van der Waals surface area contributed by atoms with Crippen molar-refractivity contribution >= 4 is 23.2 Å². The number of amides is 2. The zero-order valence-corrected chi connectivity index (χ0v) is 43.3. The molecule has 69 heavy (non-hydrogen) atoms. The summed E-state index contributed by atoms with van der Waals surface area (Å²) in [5.74, 6) is 1.38. The summed E-state index contributed by atoms with van der Waals surface area (Å²) in [7, 11) is 3.22. The van der Waals surface area contributed by atoms with E-state index in [-0.39, 0.29) is 31.3 Å². The van der Waals surface area contributed by atoms with Crippen LogP contribution in [0.2, 0.25) is 0 Å². The summed E-state index contributed by atoms with van der Waals surface area (Å²) in [6, 6.07) is 27.7. The molecule has 374 valence electrons. The molecule has 0 aliphatic carbocycles. The number of carbonyl (C=O) groups is 2. The Hall–Kier alpha value is -5.97. The quantitative estimate of drug-likeness (QED) is 0.0767. The predicted octanol–water partition coefficient (Wildman–Crippen LogP) is 13.4. The highest BCUT2D eigenvalue weighted by molar-refractivity contribution is 6.09. The van der Waals surface area contributed by atoms with Gasteiger partial charge in [0.2, 0.25) is 0 Å². The molecule has 2 heterocycles. The first-order valence-electron chi connectivity index (χ1n) is 24.4. The molecular formula is C59H82N4O6. The van der Waals surface area contributed by atoms with Crippen LogP contribution in [0.3, 0.4) is 0 Å². The number of para-hydroxylation sites is 2. The summed E-state index contributed by atoms with van der Waals surface area (Å²) in [6.45, 7) is 27.6. The Morgan fingerprint density at radius 2 is 1.45 bits per heavy atom. The number of hydrogen-bond donors (Lipinski definition) is 1. The molecule has 0 saturated heterocycles. The number of rotatable bonds is 20. The molecule has 1 aliphatic rings. The van der Waals surface area contributed by atoms with Crippen LogP contribution in [0.1, 0.15) is 148 Å². The van der Waals surface area contributed by atoms with Crippen LogP contribution in [0, 0.1) is 19.3 Å². The largest absolute Gasteiger partial charge is 0.496 e. The number of nitrogens with two attached hydrogens (primary N) is 1. The summed E-state index contributed by atoms with van der Waals surface area (Å²) >= 11 is 0. The molecule has 6 rings (SSSR count). The van der Waals surface area contributed by atoms with E-state index < -0.39 is 5.72 Å². The fraction of sp³-hybridized carbons (Fsp3) is 0.441. The second kappa shape index (κ2) is 26.7. The van der Waals surface area contributed by atoms with Crippen molar-refractivity contribution in [2.45, 2.75) is 141 Å². The Balaban J connectivity index is 0.00000245. The number of pyridine rings is 1. The fourth-order valence-electron chi connectivity index (χ4n) is 8.66. The van der Waals surface area contributed by atoms with Gasteiger partial charge in [-0.25, -0.2) is 0 Å². The lowest BCUT2D eigenvalue weighted by Gasteiger charge is -2.32.